The highest BCUT2D eigenvalue weighted by Gasteiger charge is 2.31. The van der Waals surface area contributed by atoms with Gasteiger partial charge in [-0.25, -0.2) is 0 Å². The Morgan fingerprint density at radius 1 is 0.471 bits per heavy atom. The molecule has 1 atom stereocenters. The summed E-state index contributed by atoms with van der Waals surface area (Å²) in [5, 5.41) is 8.64. The molecule has 0 bridgehead atoms. The molecule has 2 aliphatic rings. The van der Waals surface area contributed by atoms with E-state index >= 15 is 0 Å². The van der Waals surface area contributed by atoms with Gasteiger partial charge in [0.05, 0.1) is 33.5 Å². The maximum atomic E-state index is 6.97. The topological polar surface area (TPSA) is 26.2 Å². The molecule has 0 aliphatic heterocycles. The molecule has 0 saturated heterocycles. The third kappa shape index (κ3) is 6.00. The van der Waals surface area contributed by atoms with E-state index in [0.29, 0.717) is 0 Å². The predicted molar refractivity (Wildman–Crippen MR) is 285 cm³/mol. The molecule has 3 aromatic heterocycles. The zero-order valence-electron chi connectivity index (χ0n) is 37.4. The van der Waals surface area contributed by atoms with Crippen molar-refractivity contribution < 1.29 is 4.42 Å². The van der Waals surface area contributed by atoms with E-state index in [4.69, 9.17) is 4.42 Å². The van der Waals surface area contributed by atoms with E-state index in [0.717, 1.165) is 53.2 Å². The van der Waals surface area contributed by atoms with Crippen molar-refractivity contribution in [3.05, 3.63) is 247 Å². The summed E-state index contributed by atoms with van der Waals surface area (Å²) in [6.45, 7) is 0. The van der Waals surface area contributed by atoms with Gasteiger partial charge in [-0.15, -0.1) is 0 Å². The van der Waals surface area contributed by atoms with Crippen LogP contribution in [0.2, 0.25) is 0 Å². The van der Waals surface area contributed by atoms with Crippen molar-refractivity contribution in [2.45, 2.75) is 25.2 Å². The van der Waals surface area contributed by atoms with E-state index in [9.17, 15) is 0 Å². The molecule has 0 amide bonds. The largest absolute Gasteiger partial charge is 0.460 e. The lowest BCUT2D eigenvalue weighted by atomic mass is 9.85. The van der Waals surface area contributed by atoms with Crippen molar-refractivity contribution in [2.24, 2.45) is 0 Å². The highest BCUT2D eigenvalue weighted by atomic mass is 16.3. The average molecular weight is 872 g/mol. The summed E-state index contributed by atoms with van der Waals surface area (Å²) < 4.78 is 11.9. The van der Waals surface area contributed by atoms with Gasteiger partial charge >= 0.3 is 0 Å². The minimum absolute atomic E-state index is 0.0110. The van der Waals surface area contributed by atoms with Crippen LogP contribution in [0.3, 0.4) is 0 Å². The van der Waals surface area contributed by atoms with Crippen molar-refractivity contribution in [1.82, 2.24) is 9.13 Å². The van der Waals surface area contributed by atoms with Crippen molar-refractivity contribution >= 4 is 88.5 Å². The van der Waals surface area contributed by atoms with Gasteiger partial charge in [-0.2, -0.15) is 0 Å². The Labute approximate surface area is 394 Å². The highest BCUT2D eigenvalue weighted by Crippen LogP contribution is 2.48. The average Bonchev–Trinajstić information content (AvgIpc) is 4.06. The smallest absolute Gasteiger partial charge is 0.135 e. The number of hydrogen-bond acceptors (Lipinski definition) is 2. The van der Waals surface area contributed by atoms with Crippen LogP contribution >= 0.6 is 0 Å². The number of fused-ring (bicyclic) bond motifs is 10. The summed E-state index contributed by atoms with van der Waals surface area (Å²) >= 11 is 0. The van der Waals surface area contributed by atoms with E-state index < -0.39 is 0 Å². The van der Waals surface area contributed by atoms with Gasteiger partial charge in [0.15, 0.2) is 0 Å². The molecule has 0 spiro atoms. The van der Waals surface area contributed by atoms with Gasteiger partial charge in [-0.3, -0.25) is 0 Å². The highest BCUT2D eigenvalue weighted by molar-refractivity contribution is 6.11. The molecule has 1 unspecified atom stereocenters. The molecule has 4 nitrogen and oxygen atoms in total. The lowest BCUT2D eigenvalue weighted by Crippen LogP contribution is -2.22. The Hall–Kier alpha value is -8.60. The van der Waals surface area contributed by atoms with Crippen molar-refractivity contribution in [3.63, 3.8) is 0 Å². The van der Waals surface area contributed by atoms with Crippen LogP contribution in [0, 0.1) is 0 Å². The van der Waals surface area contributed by atoms with Crippen LogP contribution in [-0.4, -0.2) is 9.13 Å². The number of allylic oxidation sites excluding steroid dienone is 4. The van der Waals surface area contributed by atoms with Crippen LogP contribution in [0.25, 0.3) is 93.9 Å². The summed E-state index contributed by atoms with van der Waals surface area (Å²) in [5.74, 6) is 1.04. The molecule has 68 heavy (non-hydrogen) atoms. The van der Waals surface area contributed by atoms with Crippen LogP contribution in [0.4, 0.5) is 11.4 Å². The van der Waals surface area contributed by atoms with Crippen LogP contribution < -0.4 is 4.90 Å². The molecule has 322 valence electrons. The quantitative estimate of drug-likeness (QED) is 0.159. The Bertz CT molecular complexity index is 3970. The molecule has 0 N–H and O–H groups in total. The summed E-state index contributed by atoms with van der Waals surface area (Å²) in [6, 6.07) is 75.5. The minimum Gasteiger partial charge on any atom is -0.460 e. The molecule has 2 aliphatic carbocycles. The third-order valence-electron chi connectivity index (χ3n) is 14.5. The maximum absolute atomic E-state index is 6.97. The van der Waals surface area contributed by atoms with E-state index in [1.54, 1.807) is 0 Å². The number of furan rings is 1. The second-order valence-corrected chi connectivity index (χ2v) is 18.3. The first-order chi connectivity index (χ1) is 33.7. The van der Waals surface area contributed by atoms with Gasteiger partial charge < -0.3 is 18.5 Å². The molecular weight excluding hydrogens is 827 g/mol. The fourth-order valence-electron chi connectivity index (χ4n) is 11.5. The number of aromatic nitrogens is 2. The Morgan fingerprint density at radius 2 is 1.07 bits per heavy atom. The Balaban J connectivity index is 0.951. The SMILES string of the molecule is C1=CC(N(c2ccc(-c3cccc(-n4c5ccccc5c5ccccc54)c3)cc2)c2ccccc2C2CC=Cc3c2oc2cc4ccccc4cc32)=C(n2c3ccccc3c3ccccc32)CC1. The first-order valence-corrected chi connectivity index (χ1v) is 23.8. The number of para-hydroxylation sites is 5. The molecule has 0 saturated carbocycles. The van der Waals surface area contributed by atoms with Crippen molar-refractivity contribution in [2.75, 3.05) is 4.90 Å². The first kappa shape index (κ1) is 38.6. The number of rotatable bonds is 7. The third-order valence-corrected chi connectivity index (χ3v) is 14.5. The summed E-state index contributed by atoms with van der Waals surface area (Å²) in [5.41, 5.74) is 16.4. The second-order valence-electron chi connectivity index (χ2n) is 18.3. The minimum atomic E-state index is 0.0110. The molecule has 0 fully saturated rings. The van der Waals surface area contributed by atoms with Gasteiger partial charge in [0.2, 0.25) is 0 Å². The molecule has 14 rings (SSSR count). The molecule has 4 heteroatoms. The Kier molecular flexibility index (Phi) is 8.81. The lowest BCUT2D eigenvalue weighted by Gasteiger charge is -2.34. The molecule has 9 aromatic carbocycles. The number of benzene rings is 9. The maximum Gasteiger partial charge on any atom is 0.135 e. The van der Waals surface area contributed by atoms with Gasteiger partial charge in [0.1, 0.15) is 11.3 Å². The monoisotopic (exact) mass is 871 g/mol. The van der Waals surface area contributed by atoms with Crippen molar-refractivity contribution in [1.29, 1.82) is 0 Å². The first-order valence-electron chi connectivity index (χ1n) is 23.8. The van der Waals surface area contributed by atoms with Gasteiger partial charge in [-0.05, 0) is 120 Å². The standard InChI is InChI=1S/C64H45N3O/c1-2-18-45-41-63-55(40-44(45)17-1)54-27-16-26-53(64(54)68-63)52-25-7-10-30-58(52)65(61-33-13-14-34-62(61)67-59-31-11-5-23-50(59)51-24-6-12-32-60(51)67)46-37-35-42(36-38-46)43-19-15-20-47(39-43)66-56-28-8-3-21-48(56)49-22-4-9-29-57(49)66/h1-13,15-25,27-33,35-41,53H,14,26,34H2. The molecule has 12 aromatic rings. The lowest BCUT2D eigenvalue weighted by molar-refractivity contribution is 0.517. The van der Waals surface area contributed by atoms with Gasteiger partial charge in [-0.1, -0.05) is 158 Å². The van der Waals surface area contributed by atoms with E-state index in [-0.39, 0.29) is 5.92 Å². The van der Waals surface area contributed by atoms with E-state index in [1.807, 2.05) is 0 Å². The number of anilines is 2. The van der Waals surface area contributed by atoms with Gasteiger partial charge in [0.25, 0.3) is 0 Å². The number of hydrogen-bond donors (Lipinski definition) is 0. The second kappa shape index (κ2) is 15.5. The fraction of sp³-hybridized carbons (Fsp3) is 0.0625. The molecular formula is C64H45N3O. The van der Waals surface area contributed by atoms with Crippen molar-refractivity contribution in [3.8, 4) is 16.8 Å². The zero-order chi connectivity index (χ0) is 44.7. The van der Waals surface area contributed by atoms with Crippen LogP contribution in [0.5, 0.6) is 0 Å². The fourth-order valence-corrected chi connectivity index (χ4v) is 11.5. The van der Waals surface area contributed by atoms with Crippen LogP contribution in [-0.2, 0) is 0 Å². The van der Waals surface area contributed by atoms with Crippen LogP contribution in [0.1, 0.15) is 42.1 Å². The molecule has 3 heterocycles. The summed E-state index contributed by atoms with van der Waals surface area (Å²) in [4.78, 5) is 2.52. The zero-order valence-corrected chi connectivity index (χ0v) is 37.4. The Morgan fingerprint density at radius 3 is 1.76 bits per heavy atom. The van der Waals surface area contributed by atoms with E-state index in [2.05, 4.69) is 245 Å². The summed E-state index contributed by atoms with van der Waals surface area (Å²) in [7, 11) is 0. The van der Waals surface area contributed by atoms with Gasteiger partial charge in [0, 0.05) is 55.5 Å². The van der Waals surface area contributed by atoms with E-state index in [1.165, 1.54) is 87.9 Å². The predicted octanol–water partition coefficient (Wildman–Crippen LogP) is 17.4. The normalized spacial score (nSPS) is 14.9. The number of nitrogens with zero attached hydrogens (tertiary/aromatic N) is 3. The summed E-state index contributed by atoms with van der Waals surface area (Å²) in [6.07, 6.45) is 12.0. The molecule has 0 radical (unpaired) electrons. The van der Waals surface area contributed by atoms with Crippen LogP contribution in [0.15, 0.2) is 235 Å².